The molecule has 2 fully saturated rings. The van der Waals surface area contributed by atoms with E-state index in [0.717, 1.165) is 55.4 Å². The number of nitrogens with zero attached hydrogens (tertiary/aromatic N) is 3. The van der Waals surface area contributed by atoms with Crippen LogP contribution in [0.15, 0.2) is 42.5 Å². The van der Waals surface area contributed by atoms with Crippen LogP contribution in [0, 0.1) is 5.92 Å². The van der Waals surface area contributed by atoms with Crippen LogP contribution in [-0.4, -0.2) is 34.1 Å². The van der Waals surface area contributed by atoms with Crippen LogP contribution >= 0.6 is 11.6 Å². The Morgan fingerprint density at radius 3 is 2.58 bits per heavy atom. The van der Waals surface area contributed by atoms with E-state index in [4.69, 9.17) is 21.3 Å². The Labute approximate surface area is 190 Å². The molecule has 4 nitrogen and oxygen atoms in total. The lowest BCUT2D eigenvalue weighted by Gasteiger charge is -2.33. The van der Waals surface area contributed by atoms with Crippen molar-refractivity contribution in [3.63, 3.8) is 0 Å². The maximum Gasteiger partial charge on any atom is 0.124 e. The van der Waals surface area contributed by atoms with Crippen LogP contribution < -0.4 is 4.74 Å². The van der Waals surface area contributed by atoms with Crippen LogP contribution in [0.25, 0.3) is 11.0 Å². The van der Waals surface area contributed by atoms with Gasteiger partial charge < -0.3 is 9.30 Å². The van der Waals surface area contributed by atoms with Gasteiger partial charge in [0, 0.05) is 11.1 Å². The molecule has 0 atom stereocenters. The molecule has 5 heteroatoms. The summed E-state index contributed by atoms with van der Waals surface area (Å²) in [6.45, 7) is 8.20. The Morgan fingerprint density at radius 1 is 1.06 bits per heavy atom. The summed E-state index contributed by atoms with van der Waals surface area (Å²) in [4.78, 5) is 7.56. The zero-order valence-electron chi connectivity index (χ0n) is 18.6. The largest absolute Gasteiger partial charge is 0.493 e. The molecule has 1 aliphatic carbocycles. The molecule has 2 heterocycles. The van der Waals surface area contributed by atoms with Gasteiger partial charge >= 0.3 is 0 Å². The number of benzene rings is 2. The number of halogens is 1. The van der Waals surface area contributed by atoms with Gasteiger partial charge in [0.2, 0.25) is 0 Å². The molecule has 3 aromatic rings. The van der Waals surface area contributed by atoms with E-state index in [1.807, 2.05) is 12.1 Å². The van der Waals surface area contributed by atoms with Crippen molar-refractivity contribution in [3.8, 4) is 5.75 Å². The highest BCUT2D eigenvalue weighted by atomic mass is 35.5. The first-order valence-corrected chi connectivity index (χ1v) is 12.1. The maximum absolute atomic E-state index is 6.35. The van der Waals surface area contributed by atoms with Crippen molar-refractivity contribution >= 4 is 22.6 Å². The molecule has 0 spiro atoms. The second-order valence-corrected chi connectivity index (χ2v) is 9.99. The van der Waals surface area contributed by atoms with Crippen molar-refractivity contribution in [2.24, 2.45) is 5.92 Å². The van der Waals surface area contributed by atoms with E-state index in [2.05, 4.69) is 53.6 Å². The summed E-state index contributed by atoms with van der Waals surface area (Å²) < 4.78 is 8.62. The summed E-state index contributed by atoms with van der Waals surface area (Å²) in [6, 6.07) is 15.3. The highest BCUT2D eigenvalue weighted by molar-refractivity contribution is 6.30. The highest BCUT2D eigenvalue weighted by Gasteiger charge is 2.30. The Balaban J connectivity index is 1.28. The molecule has 0 N–H and O–H groups in total. The third kappa shape index (κ3) is 4.61. The first-order chi connectivity index (χ1) is 15.1. The van der Waals surface area contributed by atoms with Crippen molar-refractivity contribution in [1.82, 2.24) is 14.5 Å². The lowest BCUT2D eigenvalue weighted by Crippen LogP contribution is -2.33. The minimum absolute atomic E-state index is 0.499. The predicted octanol–water partition coefficient (Wildman–Crippen LogP) is 6.44. The van der Waals surface area contributed by atoms with Crippen LogP contribution in [0.5, 0.6) is 5.75 Å². The molecule has 0 amide bonds. The van der Waals surface area contributed by atoms with Crippen molar-refractivity contribution in [3.05, 3.63) is 58.9 Å². The average Bonchev–Trinajstić information content (AvgIpc) is 3.54. The zero-order valence-corrected chi connectivity index (χ0v) is 19.3. The monoisotopic (exact) mass is 437 g/mol. The summed E-state index contributed by atoms with van der Waals surface area (Å²) in [5, 5.41) is 0.799. The molecule has 31 heavy (non-hydrogen) atoms. The van der Waals surface area contributed by atoms with E-state index in [0.29, 0.717) is 17.9 Å². The van der Waals surface area contributed by atoms with Gasteiger partial charge in [-0.1, -0.05) is 37.6 Å². The minimum Gasteiger partial charge on any atom is -0.493 e. The molecule has 0 radical (unpaired) electrons. The number of rotatable bonds is 7. The topological polar surface area (TPSA) is 30.3 Å². The van der Waals surface area contributed by atoms with E-state index in [9.17, 15) is 0 Å². The molecule has 1 aromatic heterocycles. The highest BCUT2D eigenvalue weighted by Crippen LogP contribution is 2.40. The van der Waals surface area contributed by atoms with Gasteiger partial charge in [0.25, 0.3) is 0 Å². The number of likely N-dealkylation sites (tertiary alicyclic amines) is 1. The van der Waals surface area contributed by atoms with Crippen LogP contribution in [0.1, 0.15) is 62.9 Å². The Hall–Kier alpha value is -2.04. The molecule has 1 saturated heterocycles. The zero-order chi connectivity index (χ0) is 21.4. The van der Waals surface area contributed by atoms with Crippen molar-refractivity contribution in [2.75, 3.05) is 19.7 Å². The minimum atomic E-state index is 0.499. The fraction of sp³-hybridized carbons (Fsp3) is 0.500. The van der Waals surface area contributed by atoms with E-state index in [1.165, 1.54) is 29.7 Å². The van der Waals surface area contributed by atoms with Crippen LogP contribution in [0.3, 0.4) is 0 Å². The molecular weight excluding hydrogens is 406 g/mol. The number of fused-ring (bicyclic) bond motifs is 1. The van der Waals surface area contributed by atoms with Gasteiger partial charge in [0.1, 0.15) is 11.6 Å². The molecule has 164 valence electrons. The predicted molar refractivity (Wildman–Crippen MR) is 127 cm³/mol. The smallest absolute Gasteiger partial charge is 0.124 e. The quantitative estimate of drug-likeness (QED) is 0.426. The van der Waals surface area contributed by atoms with Gasteiger partial charge in [0.05, 0.1) is 24.2 Å². The van der Waals surface area contributed by atoms with Crippen molar-refractivity contribution < 1.29 is 4.74 Å². The number of ether oxygens (including phenoxy) is 1. The first kappa shape index (κ1) is 20.8. The number of hydrogen-bond donors (Lipinski definition) is 0. The molecular formula is C26H32ClN3O. The third-order valence-electron chi connectivity index (χ3n) is 6.52. The van der Waals surface area contributed by atoms with Gasteiger partial charge in [-0.05, 0) is 86.5 Å². The summed E-state index contributed by atoms with van der Waals surface area (Å²) >= 11 is 6.35. The second-order valence-electron chi connectivity index (χ2n) is 9.56. The van der Waals surface area contributed by atoms with Crippen molar-refractivity contribution in [1.29, 1.82) is 0 Å². The van der Waals surface area contributed by atoms with Crippen LogP contribution in [-0.2, 0) is 6.54 Å². The number of aromatic nitrogens is 2. The molecule has 2 aliphatic rings. The van der Waals surface area contributed by atoms with Gasteiger partial charge in [0.15, 0.2) is 0 Å². The number of para-hydroxylation sites is 2. The molecule has 0 unspecified atom stereocenters. The lowest BCUT2D eigenvalue weighted by molar-refractivity contribution is 0.195. The normalized spacial score (nSPS) is 18.2. The Kier molecular flexibility index (Phi) is 5.94. The summed E-state index contributed by atoms with van der Waals surface area (Å²) in [5.41, 5.74) is 3.70. The van der Waals surface area contributed by atoms with Crippen LogP contribution in [0.2, 0.25) is 5.02 Å². The Morgan fingerprint density at radius 2 is 1.84 bits per heavy atom. The first-order valence-electron chi connectivity index (χ1n) is 11.7. The molecule has 0 bridgehead atoms. The molecule has 5 rings (SSSR count). The molecule has 2 aromatic carbocycles. The fourth-order valence-corrected chi connectivity index (χ4v) is 4.95. The van der Waals surface area contributed by atoms with Gasteiger partial charge in [-0.25, -0.2) is 4.98 Å². The molecule has 1 aliphatic heterocycles. The summed E-state index contributed by atoms with van der Waals surface area (Å²) in [7, 11) is 0. The van der Waals surface area contributed by atoms with E-state index in [-0.39, 0.29) is 0 Å². The van der Waals surface area contributed by atoms with Gasteiger partial charge in [-0.15, -0.1) is 0 Å². The van der Waals surface area contributed by atoms with Crippen LogP contribution in [0.4, 0.5) is 0 Å². The lowest BCUT2D eigenvalue weighted by atomic mass is 9.88. The van der Waals surface area contributed by atoms with Gasteiger partial charge in [-0.3, -0.25) is 4.90 Å². The van der Waals surface area contributed by atoms with Gasteiger partial charge in [-0.2, -0.15) is 0 Å². The summed E-state index contributed by atoms with van der Waals surface area (Å²) in [5.74, 6) is 3.24. The fourth-order valence-electron chi connectivity index (χ4n) is 4.77. The second kappa shape index (κ2) is 8.84. The number of piperidine rings is 1. The van der Waals surface area contributed by atoms with Crippen molar-refractivity contribution in [2.45, 2.75) is 58.0 Å². The van der Waals surface area contributed by atoms with E-state index < -0.39 is 0 Å². The molecule has 1 saturated carbocycles. The standard InChI is InChI=1S/C26H32ClN3O/c1-18(2)17-31-25-10-7-20(27)15-22(25)19-11-13-29(14-12-19)16-26-28-23-5-3-4-6-24(23)30(26)21-8-9-21/h3-7,10,15,18-19,21H,8-9,11-14,16-17H2,1-2H3. The SMILES string of the molecule is CC(C)COc1ccc(Cl)cc1C1CCN(Cc2nc3ccccc3n2C2CC2)CC1. The Bertz CT molecular complexity index is 1050. The maximum atomic E-state index is 6.35. The number of hydrogen-bond acceptors (Lipinski definition) is 3. The van der Waals surface area contributed by atoms with E-state index >= 15 is 0 Å². The van der Waals surface area contributed by atoms with E-state index in [1.54, 1.807) is 0 Å². The summed E-state index contributed by atoms with van der Waals surface area (Å²) in [6.07, 6.45) is 4.82. The average molecular weight is 438 g/mol. The number of imidazole rings is 1. The third-order valence-corrected chi connectivity index (χ3v) is 6.75.